The molecular formula is C19H40O7S. The van der Waals surface area contributed by atoms with Gasteiger partial charge in [-0.1, -0.05) is 77.0 Å². The van der Waals surface area contributed by atoms with E-state index in [1.807, 2.05) is 13.8 Å². The van der Waals surface area contributed by atoms with Gasteiger partial charge in [-0.2, -0.15) is 8.42 Å². The Bertz CT molecular complexity index is 441. The molecule has 7 nitrogen and oxygen atoms in total. The summed E-state index contributed by atoms with van der Waals surface area (Å²) in [5, 5.41) is 10.7. The van der Waals surface area contributed by atoms with Gasteiger partial charge in [0.2, 0.25) is 0 Å². The first-order valence-electron chi connectivity index (χ1n) is 10.4. The van der Waals surface area contributed by atoms with Crippen LogP contribution < -0.4 is 0 Å². The predicted octanol–water partition coefficient (Wildman–Crippen LogP) is 4.45. The van der Waals surface area contributed by atoms with Crippen LogP contribution in [0, 0.1) is 5.92 Å². The van der Waals surface area contributed by atoms with E-state index in [4.69, 9.17) is 14.2 Å². The van der Waals surface area contributed by atoms with E-state index in [0.717, 1.165) is 64.2 Å². The zero-order valence-electron chi connectivity index (χ0n) is 17.4. The average Bonchev–Trinajstić information content (AvgIpc) is 2.62. The molecule has 0 rings (SSSR count). The average molecular weight is 413 g/mol. The van der Waals surface area contributed by atoms with E-state index in [-0.39, 0.29) is 18.6 Å². The van der Waals surface area contributed by atoms with Crippen molar-refractivity contribution in [1.29, 1.82) is 0 Å². The van der Waals surface area contributed by atoms with Crippen LogP contribution in [0.4, 0.5) is 0 Å². The van der Waals surface area contributed by atoms with Crippen molar-refractivity contribution in [2.24, 2.45) is 5.92 Å². The molecule has 0 aliphatic rings. The summed E-state index contributed by atoms with van der Waals surface area (Å²) in [6.07, 6.45) is 7.78. The zero-order valence-corrected chi connectivity index (χ0v) is 18.2. The van der Waals surface area contributed by atoms with Gasteiger partial charge in [-0.15, -0.1) is 0 Å². The van der Waals surface area contributed by atoms with Crippen LogP contribution in [0.25, 0.3) is 0 Å². The molecule has 164 valence electrons. The Kier molecular flexibility index (Phi) is 15.5. The van der Waals surface area contributed by atoms with E-state index in [9.17, 15) is 13.5 Å². The van der Waals surface area contributed by atoms with Crippen LogP contribution in [0.1, 0.15) is 91.9 Å². The highest BCUT2D eigenvalue weighted by atomic mass is 32.3. The van der Waals surface area contributed by atoms with Crippen LogP contribution in [-0.2, 0) is 24.4 Å². The second-order valence-electron chi connectivity index (χ2n) is 7.14. The van der Waals surface area contributed by atoms with Crippen LogP contribution in [0.15, 0.2) is 0 Å². The summed E-state index contributed by atoms with van der Waals surface area (Å²) in [6, 6.07) is 0. The number of ether oxygens (including phenoxy) is 1. The fourth-order valence-electron chi connectivity index (χ4n) is 3.12. The summed E-state index contributed by atoms with van der Waals surface area (Å²) in [5.74, 6) is -0.0599. The van der Waals surface area contributed by atoms with Gasteiger partial charge in [0.25, 0.3) is 0 Å². The number of rotatable bonds is 18. The predicted molar refractivity (Wildman–Crippen MR) is 106 cm³/mol. The standard InChI is InChI=1S/C19H40O7S/c1-5-9-11-13-16(7-3)19(20)18(25-26-27(21,22)23)15-24-17(8-4)14-12-10-6-2/h16-20H,5-15H2,1-4H3,(H,21,22,23). The highest BCUT2D eigenvalue weighted by molar-refractivity contribution is 7.80. The minimum absolute atomic E-state index is 0.00555. The summed E-state index contributed by atoms with van der Waals surface area (Å²) in [4.78, 5) is 4.87. The highest BCUT2D eigenvalue weighted by Crippen LogP contribution is 2.23. The molecule has 0 heterocycles. The molecule has 0 aromatic rings. The number of hydrogen-bond donors (Lipinski definition) is 2. The normalized spacial score (nSPS) is 16.8. The SMILES string of the molecule is CCCCCC(CC)OCC(OOS(=O)(=O)O)C(O)C(CC)CCCCC. The maximum Gasteiger partial charge on any atom is 0.424 e. The van der Waals surface area contributed by atoms with E-state index in [1.54, 1.807) is 0 Å². The van der Waals surface area contributed by atoms with Crippen molar-refractivity contribution in [3.8, 4) is 0 Å². The fraction of sp³-hybridized carbons (Fsp3) is 1.00. The van der Waals surface area contributed by atoms with Crippen LogP contribution in [0.3, 0.4) is 0 Å². The van der Waals surface area contributed by atoms with Gasteiger partial charge in [0, 0.05) is 0 Å². The molecule has 8 heteroatoms. The first kappa shape index (κ1) is 26.8. The molecule has 0 saturated carbocycles. The van der Waals surface area contributed by atoms with Gasteiger partial charge < -0.3 is 9.84 Å². The van der Waals surface area contributed by atoms with Crippen molar-refractivity contribution in [1.82, 2.24) is 0 Å². The van der Waals surface area contributed by atoms with Crippen molar-refractivity contribution in [2.75, 3.05) is 6.61 Å². The van der Waals surface area contributed by atoms with Gasteiger partial charge in [-0.05, 0) is 25.2 Å². The third-order valence-corrected chi connectivity index (χ3v) is 5.15. The lowest BCUT2D eigenvalue weighted by molar-refractivity contribution is -0.284. The number of hydrogen-bond acceptors (Lipinski definition) is 6. The third kappa shape index (κ3) is 13.5. The Morgan fingerprint density at radius 3 is 1.96 bits per heavy atom. The maximum atomic E-state index is 10.9. The van der Waals surface area contributed by atoms with E-state index < -0.39 is 22.6 Å². The molecule has 27 heavy (non-hydrogen) atoms. The smallest absolute Gasteiger partial charge is 0.390 e. The molecular weight excluding hydrogens is 372 g/mol. The maximum absolute atomic E-state index is 10.9. The van der Waals surface area contributed by atoms with Gasteiger partial charge in [0.1, 0.15) is 6.10 Å². The second kappa shape index (κ2) is 15.6. The summed E-state index contributed by atoms with van der Waals surface area (Å²) in [5.41, 5.74) is 0. The molecule has 0 bridgehead atoms. The summed E-state index contributed by atoms with van der Waals surface area (Å²) in [7, 11) is -4.76. The van der Waals surface area contributed by atoms with Gasteiger partial charge in [-0.25, -0.2) is 4.89 Å². The molecule has 0 aliphatic carbocycles. The lowest BCUT2D eigenvalue weighted by Gasteiger charge is -2.29. The number of aliphatic hydroxyl groups excluding tert-OH is 1. The Labute approximate surface area is 165 Å². The monoisotopic (exact) mass is 412 g/mol. The van der Waals surface area contributed by atoms with E-state index in [0.29, 0.717) is 0 Å². The molecule has 0 amide bonds. The molecule has 0 saturated heterocycles. The van der Waals surface area contributed by atoms with E-state index >= 15 is 0 Å². The number of aliphatic hydroxyl groups is 1. The van der Waals surface area contributed by atoms with Gasteiger partial charge >= 0.3 is 10.4 Å². The van der Waals surface area contributed by atoms with Crippen molar-refractivity contribution >= 4 is 10.4 Å². The minimum atomic E-state index is -4.76. The molecule has 0 aromatic heterocycles. The van der Waals surface area contributed by atoms with Crippen LogP contribution in [0.5, 0.6) is 0 Å². The summed E-state index contributed by atoms with van der Waals surface area (Å²) >= 11 is 0. The zero-order chi connectivity index (χ0) is 20.7. The fourth-order valence-corrected chi connectivity index (χ4v) is 3.32. The Balaban J connectivity index is 4.86. The van der Waals surface area contributed by atoms with E-state index in [2.05, 4.69) is 18.2 Å². The Hall–Kier alpha value is -0.250. The van der Waals surface area contributed by atoms with Crippen molar-refractivity contribution in [2.45, 2.75) is 110 Å². The van der Waals surface area contributed by atoms with Crippen molar-refractivity contribution in [3.05, 3.63) is 0 Å². The molecule has 0 spiro atoms. The summed E-state index contributed by atoms with van der Waals surface area (Å²) < 4.78 is 40.5. The highest BCUT2D eigenvalue weighted by Gasteiger charge is 2.30. The quantitative estimate of drug-likeness (QED) is 0.148. The molecule has 4 atom stereocenters. The van der Waals surface area contributed by atoms with Crippen LogP contribution in [0.2, 0.25) is 0 Å². The topological polar surface area (TPSA) is 102 Å². The second-order valence-corrected chi connectivity index (χ2v) is 8.14. The number of unbranched alkanes of at least 4 members (excludes halogenated alkanes) is 4. The first-order valence-corrected chi connectivity index (χ1v) is 11.8. The van der Waals surface area contributed by atoms with Gasteiger partial charge in [0.05, 0.1) is 18.8 Å². The summed E-state index contributed by atoms with van der Waals surface area (Å²) in [6.45, 7) is 8.25. The molecule has 4 unspecified atom stereocenters. The minimum Gasteiger partial charge on any atom is -0.390 e. The van der Waals surface area contributed by atoms with E-state index in [1.165, 1.54) is 0 Å². The van der Waals surface area contributed by atoms with Crippen molar-refractivity contribution < 1.29 is 32.0 Å². The molecule has 0 fully saturated rings. The van der Waals surface area contributed by atoms with Crippen molar-refractivity contribution in [3.63, 3.8) is 0 Å². The molecule has 2 N–H and O–H groups in total. The lowest BCUT2D eigenvalue weighted by Crippen LogP contribution is -2.40. The first-order chi connectivity index (χ1) is 12.8. The van der Waals surface area contributed by atoms with Crippen LogP contribution >= 0.6 is 0 Å². The lowest BCUT2D eigenvalue weighted by atomic mass is 9.90. The Morgan fingerprint density at radius 1 is 0.889 bits per heavy atom. The molecule has 0 aliphatic heterocycles. The molecule has 0 radical (unpaired) electrons. The largest absolute Gasteiger partial charge is 0.424 e. The van der Waals surface area contributed by atoms with Gasteiger partial charge in [-0.3, -0.25) is 4.55 Å². The van der Waals surface area contributed by atoms with Gasteiger partial charge in [0.15, 0.2) is 0 Å². The van der Waals surface area contributed by atoms with Crippen LogP contribution in [-0.4, -0.2) is 43.0 Å². The third-order valence-electron chi connectivity index (χ3n) is 4.90. The molecule has 0 aromatic carbocycles. The Morgan fingerprint density at radius 2 is 1.48 bits per heavy atom.